The molecule has 0 fully saturated rings. The van der Waals surface area contributed by atoms with Crippen LogP contribution >= 0.6 is 23.2 Å². The normalized spacial score (nSPS) is 12.9. The van der Waals surface area contributed by atoms with Gasteiger partial charge in [0.25, 0.3) is 5.82 Å². The number of ether oxygens (including phenoxy) is 1. The fourth-order valence-electron chi connectivity index (χ4n) is 3.55. The lowest BCUT2D eigenvalue weighted by Crippen LogP contribution is -2.40. The van der Waals surface area contributed by atoms with E-state index in [-0.39, 0.29) is 5.78 Å². The zero-order valence-electron chi connectivity index (χ0n) is 14.9. The van der Waals surface area contributed by atoms with Gasteiger partial charge in [0.05, 0.1) is 30.1 Å². The van der Waals surface area contributed by atoms with Gasteiger partial charge in [0.1, 0.15) is 11.9 Å². The zero-order chi connectivity index (χ0) is 19.0. The lowest BCUT2D eigenvalue weighted by molar-refractivity contribution is -0.689. The fourth-order valence-corrected chi connectivity index (χ4v) is 3.85. The Kier molecular flexibility index (Phi) is 4.94. The molecule has 4 rings (SSSR count). The summed E-state index contributed by atoms with van der Waals surface area (Å²) in [4.78, 5) is 12.7. The SMILES string of the molecule is COc1ccc(C(=O)C[n+]2cc(-c3ccc(Cl)c(Cl)c3)n3c2CCC3)cc1. The van der Waals surface area contributed by atoms with E-state index in [0.717, 1.165) is 42.2 Å². The number of nitrogens with zero attached hydrogens (tertiary/aromatic N) is 2. The third kappa shape index (κ3) is 3.47. The van der Waals surface area contributed by atoms with Crippen LogP contribution in [0.3, 0.4) is 0 Å². The molecule has 1 aliphatic heterocycles. The number of fused-ring (bicyclic) bond motifs is 1. The number of imidazole rings is 1. The molecule has 3 aromatic rings. The van der Waals surface area contributed by atoms with Gasteiger partial charge in [-0.25, -0.2) is 9.13 Å². The summed E-state index contributed by atoms with van der Waals surface area (Å²) in [6.45, 7) is 1.25. The Labute approximate surface area is 167 Å². The van der Waals surface area contributed by atoms with Crippen molar-refractivity contribution in [2.24, 2.45) is 0 Å². The van der Waals surface area contributed by atoms with Gasteiger partial charge < -0.3 is 4.74 Å². The van der Waals surface area contributed by atoms with Crippen molar-refractivity contribution >= 4 is 29.0 Å². The lowest BCUT2D eigenvalue weighted by Gasteiger charge is -2.02. The molecule has 0 saturated heterocycles. The van der Waals surface area contributed by atoms with Crippen LogP contribution in [0.2, 0.25) is 10.0 Å². The molecule has 0 aliphatic carbocycles. The number of halogens is 2. The molecular formula is C21H19Cl2N2O2+. The molecule has 0 saturated carbocycles. The second kappa shape index (κ2) is 7.37. The van der Waals surface area contributed by atoms with Gasteiger partial charge in [-0.15, -0.1) is 0 Å². The van der Waals surface area contributed by atoms with Crippen molar-refractivity contribution in [3.05, 3.63) is 70.1 Å². The van der Waals surface area contributed by atoms with E-state index >= 15 is 0 Å². The molecule has 6 heteroatoms. The van der Waals surface area contributed by atoms with Crippen LogP contribution in [0.25, 0.3) is 11.3 Å². The van der Waals surface area contributed by atoms with E-state index in [2.05, 4.69) is 9.13 Å². The molecule has 0 radical (unpaired) electrons. The smallest absolute Gasteiger partial charge is 0.257 e. The number of Topliss-reactive ketones (excluding diaryl/α,β-unsaturated/α-hetero) is 1. The summed E-state index contributed by atoms with van der Waals surface area (Å²) in [5.41, 5.74) is 2.74. The van der Waals surface area contributed by atoms with Crippen molar-refractivity contribution in [3.8, 4) is 17.0 Å². The minimum absolute atomic E-state index is 0.0728. The number of aromatic nitrogens is 2. The van der Waals surface area contributed by atoms with E-state index in [1.54, 1.807) is 25.3 Å². The Bertz CT molecular complexity index is 1010. The number of ketones is 1. The van der Waals surface area contributed by atoms with E-state index in [0.29, 0.717) is 22.2 Å². The third-order valence-corrected chi connectivity index (χ3v) is 5.67. The first kappa shape index (κ1) is 18.1. The lowest BCUT2D eigenvalue weighted by atomic mass is 10.1. The van der Waals surface area contributed by atoms with Gasteiger partial charge in [0.2, 0.25) is 5.78 Å². The van der Waals surface area contributed by atoms with Crippen molar-refractivity contribution in [2.45, 2.75) is 25.9 Å². The van der Waals surface area contributed by atoms with Gasteiger partial charge in [0.15, 0.2) is 12.2 Å². The number of hydrogen-bond donors (Lipinski definition) is 0. The van der Waals surface area contributed by atoms with Gasteiger partial charge in [-0.3, -0.25) is 4.79 Å². The molecule has 0 atom stereocenters. The number of hydrogen-bond acceptors (Lipinski definition) is 2. The molecule has 0 spiro atoms. The van der Waals surface area contributed by atoms with E-state index in [1.165, 1.54) is 0 Å². The highest BCUT2D eigenvalue weighted by atomic mass is 35.5. The molecule has 1 aliphatic rings. The maximum absolute atomic E-state index is 12.7. The van der Waals surface area contributed by atoms with Crippen molar-refractivity contribution in [1.82, 2.24) is 4.57 Å². The highest BCUT2D eigenvalue weighted by Crippen LogP contribution is 2.30. The Hall–Kier alpha value is -2.30. The summed E-state index contributed by atoms with van der Waals surface area (Å²) in [5, 5.41) is 1.07. The van der Waals surface area contributed by atoms with Gasteiger partial charge in [-0.1, -0.05) is 23.2 Å². The van der Waals surface area contributed by atoms with Crippen molar-refractivity contribution < 1.29 is 14.1 Å². The Morgan fingerprint density at radius 1 is 1.15 bits per heavy atom. The van der Waals surface area contributed by atoms with E-state index in [9.17, 15) is 4.79 Å². The van der Waals surface area contributed by atoms with Crippen LogP contribution in [0.15, 0.2) is 48.7 Å². The molecule has 2 aromatic carbocycles. The third-order valence-electron chi connectivity index (χ3n) is 4.94. The largest absolute Gasteiger partial charge is 0.497 e. The molecule has 0 N–H and O–H groups in total. The highest BCUT2D eigenvalue weighted by Gasteiger charge is 2.30. The summed E-state index contributed by atoms with van der Waals surface area (Å²) < 4.78 is 9.48. The monoisotopic (exact) mass is 401 g/mol. The van der Waals surface area contributed by atoms with Crippen LogP contribution in [-0.2, 0) is 19.5 Å². The summed E-state index contributed by atoms with van der Waals surface area (Å²) in [7, 11) is 1.61. The van der Waals surface area contributed by atoms with Crippen LogP contribution < -0.4 is 9.30 Å². The van der Waals surface area contributed by atoms with Gasteiger partial charge in [-0.05, 0) is 48.9 Å². The molecule has 27 heavy (non-hydrogen) atoms. The Balaban J connectivity index is 1.65. The first-order chi connectivity index (χ1) is 13.1. The minimum atomic E-state index is 0.0728. The van der Waals surface area contributed by atoms with Crippen molar-refractivity contribution in [1.29, 1.82) is 0 Å². The topological polar surface area (TPSA) is 35.1 Å². The first-order valence-corrected chi connectivity index (χ1v) is 9.57. The van der Waals surface area contributed by atoms with E-state index in [4.69, 9.17) is 27.9 Å². The quantitative estimate of drug-likeness (QED) is 0.462. The van der Waals surface area contributed by atoms with Gasteiger partial charge in [-0.2, -0.15) is 0 Å². The molecule has 4 nitrogen and oxygen atoms in total. The second-order valence-electron chi connectivity index (χ2n) is 6.59. The van der Waals surface area contributed by atoms with Crippen molar-refractivity contribution in [3.63, 3.8) is 0 Å². The fraction of sp³-hybridized carbons (Fsp3) is 0.238. The first-order valence-electron chi connectivity index (χ1n) is 8.81. The van der Waals surface area contributed by atoms with Crippen LogP contribution in [0.1, 0.15) is 22.6 Å². The maximum Gasteiger partial charge on any atom is 0.257 e. The summed E-state index contributed by atoms with van der Waals surface area (Å²) in [6.07, 6.45) is 4.06. The Morgan fingerprint density at radius 3 is 2.63 bits per heavy atom. The van der Waals surface area contributed by atoms with Crippen LogP contribution in [0.5, 0.6) is 5.75 Å². The molecule has 0 bridgehead atoms. The summed E-state index contributed by atoms with van der Waals surface area (Å²) in [6, 6.07) is 12.9. The van der Waals surface area contributed by atoms with E-state index in [1.807, 2.05) is 30.5 Å². The predicted octanol–water partition coefficient (Wildman–Crippen LogP) is 4.59. The zero-order valence-corrected chi connectivity index (χ0v) is 16.4. The van der Waals surface area contributed by atoms with Crippen LogP contribution in [-0.4, -0.2) is 17.5 Å². The molecule has 0 unspecified atom stereocenters. The maximum atomic E-state index is 12.7. The number of carbonyl (C=O) groups excluding carboxylic acids is 1. The van der Waals surface area contributed by atoms with Crippen LogP contribution in [0, 0.1) is 0 Å². The molecule has 138 valence electrons. The van der Waals surface area contributed by atoms with Gasteiger partial charge in [0, 0.05) is 11.1 Å². The minimum Gasteiger partial charge on any atom is -0.497 e. The summed E-state index contributed by atoms with van der Waals surface area (Å²) in [5.74, 6) is 1.98. The number of benzene rings is 2. The second-order valence-corrected chi connectivity index (χ2v) is 7.41. The molecular weight excluding hydrogens is 383 g/mol. The molecule has 2 heterocycles. The summed E-state index contributed by atoms with van der Waals surface area (Å²) >= 11 is 12.2. The highest BCUT2D eigenvalue weighted by molar-refractivity contribution is 6.42. The predicted molar refractivity (Wildman–Crippen MR) is 106 cm³/mol. The molecule has 0 amide bonds. The molecule has 1 aromatic heterocycles. The average molecular weight is 402 g/mol. The number of methoxy groups -OCH3 is 1. The Morgan fingerprint density at radius 2 is 1.93 bits per heavy atom. The number of rotatable bonds is 5. The average Bonchev–Trinajstić information content (AvgIpc) is 3.28. The van der Waals surface area contributed by atoms with Gasteiger partial charge >= 0.3 is 0 Å². The standard InChI is InChI=1S/C21H19Cl2N2O2/c1-27-16-7-4-14(5-8-16)20(26)13-24-12-19(25-10-2-3-21(24)25)15-6-9-17(22)18(23)11-15/h4-9,11-12H,2-3,10,13H2,1H3/q+1. The number of carbonyl (C=O) groups is 1. The van der Waals surface area contributed by atoms with Crippen LogP contribution in [0.4, 0.5) is 0 Å². The van der Waals surface area contributed by atoms with E-state index < -0.39 is 0 Å². The van der Waals surface area contributed by atoms with Crippen molar-refractivity contribution in [2.75, 3.05) is 7.11 Å².